The maximum absolute atomic E-state index is 13.5. The summed E-state index contributed by atoms with van der Waals surface area (Å²) in [5, 5.41) is 0. The number of piperidine rings is 1. The molecule has 19 heavy (non-hydrogen) atoms. The molecule has 4 nitrogen and oxygen atoms in total. The second-order valence-electron chi connectivity index (χ2n) is 4.41. The molecular formula is C13H16ClFN2O2. The average Bonchev–Trinajstić information content (AvgIpc) is 2.45. The van der Waals surface area contributed by atoms with E-state index in [-0.39, 0.29) is 17.6 Å². The molecule has 1 aliphatic rings. The van der Waals surface area contributed by atoms with E-state index >= 15 is 0 Å². The van der Waals surface area contributed by atoms with Gasteiger partial charge in [-0.1, -0.05) is 0 Å². The summed E-state index contributed by atoms with van der Waals surface area (Å²) < 4.78 is 19.0. The third-order valence-corrected chi connectivity index (χ3v) is 3.32. The Morgan fingerprint density at radius 2 is 2.26 bits per heavy atom. The topological polar surface area (TPSA) is 42.4 Å². The van der Waals surface area contributed by atoms with E-state index in [2.05, 4.69) is 4.98 Å². The Balaban J connectivity index is 1.91. The molecule has 1 aromatic heterocycles. The molecule has 0 spiro atoms. The zero-order chi connectivity index (χ0) is 13.7. The standard InChI is InChI=1S/C13H16ClFN2O2/c14-4-8-19-10-2-6-17(7-3-10)13(18)11-1-5-16-9-12(11)15/h1,5,9-10H,2-4,6-8H2. The Hall–Kier alpha value is -1.20. The number of alkyl halides is 1. The van der Waals surface area contributed by atoms with Crippen molar-refractivity contribution in [3.05, 3.63) is 29.8 Å². The summed E-state index contributed by atoms with van der Waals surface area (Å²) in [6.07, 6.45) is 4.14. The first kappa shape index (κ1) is 14.2. The number of ether oxygens (including phenoxy) is 1. The molecule has 0 aromatic carbocycles. The fourth-order valence-electron chi connectivity index (χ4n) is 2.16. The number of nitrogens with zero attached hydrogens (tertiary/aromatic N) is 2. The third-order valence-electron chi connectivity index (χ3n) is 3.16. The molecule has 1 amide bonds. The lowest BCUT2D eigenvalue weighted by atomic mass is 10.1. The van der Waals surface area contributed by atoms with Gasteiger partial charge < -0.3 is 9.64 Å². The molecule has 0 radical (unpaired) electrons. The van der Waals surface area contributed by atoms with E-state index < -0.39 is 5.82 Å². The molecule has 2 rings (SSSR count). The molecular weight excluding hydrogens is 271 g/mol. The Morgan fingerprint density at radius 1 is 1.53 bits per heavy atom. The zero-order valence-electron chi connectivity index (χ0n) is 10.5. The fourth-order valence-corrected chi connectivity index (χ4v) is 2.24. The number of rotatable bonds is 4. The van der Waals surface area contributed by atoms with Gasteiger partial charge in [-0.05, 0) is 18.9 Å². The van der Waals surface area contributed by atoms with Crippen molar-refractivity contribution in [1.29, 1.82) is 0 Å². The number of likely N-dealkylation sites (tertiary alicyclic amines) is 1. The van der Waals surface area contributed by atoms with Gasteiger partial charge in [0.15, 0.2) is 5.82 Å². The van der Waals surface area contributed by atoms with Crippen molar-refractivity contribution in [2.75, 3.05) is 25.6 Å². The molecule has 6 heteroatoms. The van der Waals surface area contributed by atoms with E-state index in [4.69, 9.17) is 16.3 Å². The molecule has 1 saturated heterocycles. The zero-order valence-corrected chi connectivity index (χ0v) is 11.3. The van der Waals surface area contributed by atoms with Crippen molar-refractivity contribution in [2.45, 2.75) is 18.9 Å². The van der Waals surface area contributed by atoms with Crippen molar-refractivity contribution in [2.24, 2.45) is 0 Å². The van der Waals surface area contributed by atoms with Crippen LogP contribution in [0.15, 0.2) is 18.5 Å². The van der Waals surface area contributed by atoms with Gasteiger partial charge in [-0.25, -0.2) is 4.39 Å². The Bertz CT molecular complexity index is 436. The quantitative estimate of drug-likeness (QED) is 0.796. The summed E-state index contributed by atoms with van der Waals surface area (Å²) in [4.78, 5) is 17.4. The predicted octanol–water partition coefficient (Wildman–Crippen LogP) is 2.08. The Morgan fingerprint density at radius 3 is 2.89 bits per heavy atom. The number of hydrogen-bond acceptors (Lipinski definition) is 3. The van der Waals surface area contributed by atoms with Crippen LogP contribution < -0.4 is 0 Å². The highest BCUT2D eigenvalue weighted by Crippen LogP contribution is 2.17. The molecule has 0 aliphatic carbocycles. The van der Waals surface area contributed by atoms with Gasteiger partial charge in [-0.15, -0.1) is 11.6 Å². The molecule has 0 unspecified atom stereocenters. The largest absolute Gasteiger partial charge is 0.377 e. The molecule has 0 saturated carbocycles. The highest BCUT2D eigenvalue weighted by Gasteiger charge is 2.25. The van der Waals surface area contributed by atoms with Gasteiger partial charge in [-0.3, -0.25) is 9.78 Å². The normalized spacial score (nSPS) is 16.6. The third kappa shape index (κ3) is 3.64. The summed E-state index contributed by atoms with van der Waals surface area (Å²) in [7, 11) is 0. The minimum Gasteiger partial charge on any atom is -0.377 e. The van der Waals surface area contributed by atoms with Crippen molar-refractivity contribution in [1.82, 2.24) is 9.88 Å². The summed E-state index contributed by atoms with van der Waals surface area (Å²) in [5.74, 6) is -0.384. The van der Waals surface area contributed by atoms with E-state index in [0.717, 1.165) is 19.0 Å². The van der Waals surface area contributed by atoms with Crippen LogP contribution in [0.5, 0.6) is 0 Å². The van der Waals surface area contributed by atoms with Crippen LogP contribution >= 0.6 is 11.6 Å². The van der Waals surface area contributed by atoms with Crippen molar-refractivity contribution in [3.63, 3.8) is 0 Å². The number of pyridine rings is 1. The first-order chi connectivity index (χ1) is 9.22. The molecule has 1 fully saturated rings. The Kier molecular flexibility index (Phi) is 5.10. The van der Waals surface area contributed by atoms with Gasteiger partial charge in [0.05, 0.1) is 24.5 Å². The van der Waals surface area contributed by atoms with Gasteiger partial charge in [0, 0.05) is 25.2 Å². The van der Waals surface area contributed by atoms with Crippen LogP contribution in [-0.4, -0.2) is 47.5 Å². The highest BCUT2D eigenvalue weighted by molar-refractivity contribution is 6.17. The van der Waals surface area contributed by atoms with Gasteiger partial charge in [-0.2, -0.15) is 0 Å². The second-order valence-corrected chi connectivity index (χ2v) is 4.78. The molecule has 104 valence electrons. The number of hydrogen-bond donors (Lipinski definition) is 0. The maximum atomic E-state index is 13.5. The van der Waals surface area contributed by atoms with Crippen molar-refractivity contribution >= 4 is 17.5 Å². The first-order valence-corrected chi connectivity index (χ1v) is 6.82. The molecule has 0 N–H and O–H groups in total. The molecule has 2 heterocycles. The van der Waals surface area contributed by atoms with Crippen LogP contribution in [0.2, 0.25) is 0 Å². The van der Waals surface area contributed by atoms with Crippen LogP contribution in [-0.2, 0) is 4.74 Å². The predicted molar refractivity (Wildman–Crippen MR) is 69.8 cm³/mol. The molecule has 0 atom stereocenters. The maximum Gasteiger partial charge on any atom is 0.256 e. The molecule has 0 bridgehead atoms. The molecule has 1 aliphatic heterocycles. The summed E-state index contributed by atoms with van der Waals surface area (Å²) in [6.45, 7) is 1.68. The number of carbonyl (C=O) groups is 1. The van der Waals surface area contributed by atoms with Gasteiger partial charge in [0.25, 0.3) is 5.91 Å². The second kappa shape index (κ2) is 6.82. The van der Waals surface area contributed by atoms with E-state index in [0.29, 0.717) is 25.6 Å². The SMILES string of the molecule is O=C(c1ccncc1F)N1CCC(OCCCl)CC1. The number of amides is 1. The number of carbonyl (C=O) groups excluding carboxylic acids is 1. The number of aromatic nitrogens is 1. The van der Waals surface area contributed by atoms with Gasteiger partial charge in [0.2, 0.25) is 0 Å². The van der Waals surface area contributed by atoms with Crippen LogP contribution in [0, 0.1) is 5.82 Å². The minimum absolute atomic E-state index is 0.0788. The summed E-state index contributed by atoms with van der Waals surface area (Å²) in [5.41, 5.74) is 0.0788. The fraction of sp³-hybridized carbons (Fsp3) is 0.538. The number of halogens is 2. The van der Waals surface area contributed by atoms with Crippen LogP contribution in [0.4, 0.5) is 4.39 Å². The van der Waals surface area contributed by atoms with E-state index in [1.54, 1.807) is 4.90 Å². The van der Waals surface area contributed by atoms with E-state index in [1.807, 2.05) is 0 Å². The molecule has 1 aromatic rings. The smallest absolute Gasteiger partial charge is 0.256 e. The monoisotopic (exact) mass is 286 g/mol. The lowest BCUT2D eigenvalue weighted by molar-refractivity contribution is 0.0153. The summed E-state index contributed by atoms with van der Waals surface area (Å²) in [6, 6.07) is 1.41. The van der Waals surface area contributed by atoms with Gasteiger partial charge >= 0.3 is 0 Å². The van der Waals surface area contributed by atoms with Crippen LogP contribution in [0.25, 0.3) is 0 Å². The van der Waals surface area contributed by atoms with Crippen LogP contribution in [0.3, 0.4) is 0 Å². The summed E-state index contributed by atoms with van der Waals surface area (Å²) >= 11 is 5.56. The minimum atomic E-state index is -0.576. The lowest BCUT2D eigenvalue weighted by Crippen LogP contribution is -2.41. The Labute approximate surface area is 116 Å². The van der Waals surface area contributed by atoms with E-state index in [9.17, 15) is 9.18 Å². The van der Waals surface area contributed by atoms with Crippen molar-refractivity contribution < 1.29 is 13.9 Å². The van der Waals surface area contributed by atoms with Crippen molar-refractivity contribution in [3.8, 4) is 0 Å². The average molecular weight is 287 g/mol. The lowest BCUT2D eigenvalue weighted by Gasteiger charge is -2.31. The van der Waals surface area contributed by atoms with E-state index in [1.165, 1.54) is 12.3 Å². The van der Waals surface area contributed by atoms with Gasteiger partial charge in [0.1, 0.15) is 0 Å². The highest BCUT2D eigenvalue weighted by atomic mass is 35.5. The first-order valence-electron chi connectivity index (χ1n) is 6.28. The van der Waals surface area contributed by atoms with Crippen LogP contribution in [0.1, 0.15) is 23.2 Å².